The van der Waals surface area contributed by atoms with Gasteiger partial charge in [-0.05, 0) is 6.92 Å². The lowest BCUT2D eigenvalue weighted by molar-refractivity contribution is -0.134. The number of carbonyl (C=O) groups is 1. The minimum absolute atomic E-state index is 0.102. The van der Waals surface area contributed by atoms with Crippen molar-refractivity contribution in [3.05, 3.63) is 26.4 Å². The number of nitrogens with zero attached hydrogens (tertiary/aromatic N) is 3. The molecule has 104 valence electrons. The lowest BCUT2D eigenvalue weighted by atomic mass is 10.2. The molecule has 0 radical (unpaired) electrons. The van der Waals surface area contributed by atoms with Gasteiger partial charge in [-0.1, -0.05) is 0 Å². The Bertz CT molecular complexity index is 654. The molecule has 0 atom stereocenters. The van der Waals surface area contributed by atoms with Crippen molar-refractivity contribution in [2.75, 3.05) is 13.7 Å². The highest BCUT2D eigenvalue weighted by atomic mass is 16.5. The van der Waals surface area contributed by atoms with Crippen molar-refractivity contribution in [2.24, 2.45) is 19.1 Å². The lowest BCUT2D eigenvalue weighted by Crippen LogP contribution is -2.41. The van der Waals surface area contributed by atoms with Gasteiger partial charge in [0.05, 0.1) is 6.61 Å². The van der Waals surface area contributed by atoms with Gasteiger partial charge in [0.1, 0.15) is 5.56 Å². The maximum atomic E-state index is 12.0. The van der Waals surface area contributed by atoms with Gasteiger partial charge in [-0.25, -0.2) is 9.59 Å². The third-order valence-electron chi connectivity index (χ3n) is 2.56. The van der Waals surface area contributed by atoms with Gasteiger partial charge in [-0.15, -0.1) is 0 Å². The van der Waals surface area contributed by atoms with Gasteiger partial charge in [-0.3, -0.25) is 18.9 Å². The second-order valence-corrected chi connectivity index (χ2v) is 3.70. The molecule has 0 spiro atoms. The van der Waals surface area contributed by atoms with E-state index in [1.54, 1.807) is 6.92 Å². The highest BCUT2D eigenvalue weighted by Crippen LogP contribution is 2.11. The summed E-state index contributed by atoms with van der Waals surface area (Å²) in [5.74, 6) is -1.46. The Labute approximate surface area is 108 Å². The molecule has 1 aromatic heterocycles. The Morgan fingerprint density at radius 2 is 1.89 bits per heavy atom. The number of aromatic hydroxyl groups is 1. The zero-order valence-corrected chi connectivity index (χ0v) is 11.1. The highest BCUT2D eigenvalue weighted by Gasteiger charge is 2.25. The predicted molar refractivity (Wildman–Crippen MR) is 67.7 cm³/mol. The van der Waals surface area contributed by atoms with E-state index in [1.807, 2.05) is 0 Å². The van der Waals surface area contributed by atoms with Crippen LogP contribution in [0.3, 0.4) is 0 Å². The molecule has 0 bridgehead atoms. The largest absolute Gasteiger partial charge is 0.494 e. The maximum Gasteiger partial charge on any atom is 0.357 e. The molecule has 1 heterocycles. The number of hydrogen-bond acceptors (Lipinski definition) is 6. The van der Waals surface area contributed by atoms with Crippen LogP contribution in [-0.4, -0.2) is 39.6 Å². The molecule has 0 unspecified atom stereocenters. The van der Waals surface area contributed by atoms with Crippen molar-refractivity contribution in [3.8, 4) is 5.88 Å². The summed E-state index contributed by atoms with van der Waals surface area (Å²) < 4.78 is 6.38. The molecular weight excluding hydrogens is 254 g/mol. The van der Waals surface area contributed by atoms with Gasteiger partial charge in [-0.2, -0.15) is 0 Å². The summed E-state index contributed by atoms with van der Waals surface area (Å²) in [6.07, 6.45) is 0. The van der Waals surface area contributed by atoms with Crippen molar-refractivity contribution >= 4 is 11.7 Å². The number of rotatable bonds is 3. The minimum Gasteiger partial charge on any atom is -0.494 e. The summed E-state index contributed by atoms with van der Waals surface area (Å²) in [7, 11) is 3.81. The Morgan fingerprint density at radius 1 is 1.32 bits per heavy atom. The first-order valence-corrected chi connectivity index (χ1v) is 5.50. The fourth-order valence-corrected chi connectivity index (χ4v) is 1.55. The van der Waals surface area contributed by atoms with Crippen LogP contribution in [0.1, 0.15) is 12.5 Å². The van der Waals surface area contributed by atoms with Crippen LogP contribution in [-0.2, 0) is 23.6 Å². The van der Waals surface area contributed by atoms with E-state index in [4.69, 9.17) is 4.74 Å². The number of aliphatic imine (C=N–C) groups is 1. The van der Waals surface area contributed by atoms with E-state index < -0.39 is 23.1 Å². The molecule has 8 nitrogen and oxygen atoms in total. The molecule has 0 amide bonds. The standard InChI is InChI=1S/C11H15N3O5/c1-5-19-10(17)7(12-2)6-8(15)13(3)11(18)14(4)9(6)16/h15H,5H2,1-4H3. The fourth-order valence-electron chi connectivity index (χ4n) is 1.55. The first kappa shape index (κ1) is 14.7. The smallest absolute Gasteiger partial charge is 0.357 e. The summed E-state index contributed by atoms with van der Waals surface area (Å²) in [4.78, 5) is 38.9. The zero-order valence-electron chi connectivity index (χ0n) is 11.1. The summed E-state index contributed by atoms with van der Waals surface area (Å²) >= 11 is 0. The van der Waals surface area contributed by atoms with Crippen LogP contribution in [0, 0.1) is 0 Å². The molecular formula is C11H15N3O5. The van der Waals surface area contributed by atoms with Crippen molar-refractivity contribution in [1.82, 2.24) is 9.13 Å². The molecule has 19 heavy (non-hydrogen) atoms. The fraction of sp³-hybridized carbons (Fsp3) is 0.455. The molecule has 1 aromatic rings. The second-order valence-electron chi connectivity index (χ2n) is 3.70. The molecule has 0 fully saturated rings. The molecule has 1 rings (SSSR count). The van der Waals surface area contributed by atoms with Crippen LogP contribution in [0.2, 0.25) is 0 Å². The van der Waals surface area contributed by atoms with Gasteiger partial charge in [0.15, 0.2) is 5.71 Å². The van der Waals surface area contributed by atoms with Gasteiger partial charge in [0.2, 0.25) is 5.88 Å². The Hall–Kier alpha value is -2.38. The minimum atomic E-state index is -0.837. The average Bonchev–Trinajstić information content (AvgIpc) is 2.39. The van der Waals surface area contributed by atoms with Crippen LogP contribution in [0.15, 0.2) is 14.6 Å². The number of ether oxygens (including phenoxy) is 1. The first-order chi connectivity index (χ1) is 8.86. The topological polar surface area (TPSA) is 103 Å². The number of hydrogen-bond donors (Lipinski definition) is 1. The summed E-state index contributed by atoms with van der Waals surface area (Å²) in [6.45, 7) is 1.70. The number of carbonyl (C=O) groups excluding carboxylic acids is 1. The SMILES string of the molecule is CCOC(=O)C(=NC)c1c(O)n(C)c(=O)n(C)c1=O. The summed E-state index contributed by atoms with van der Waals surface area (Å²) in [5, 5.41) is 9.86. The van der Waals surface area contributed by atoms with Crippen molar-refractivity contribution < 1.29 is 14.6 Å². The van der Waals surface area contributed by atoms with Crippen molar-refractivity contribution in [1.29, 1.82) is 0 Å². The summed E-state index contributed by atoms with van der Waals surface area (Å²) in [5.41, 5.74) is -2.19. The Morgan fingerprint density at radius 3 is 2.37 bits per heavy atom. The molecule has 0 aliphatic carbocycles. The molecule has 0 aromatic carbocycles. The van der Waals surface area contributed by atoms with E-state index in [2.05, 4.69) is 4.99 Å². The van der Waals surface area contributed by atoms with Crippen LogP contribution in [0.4, 0.5) is 0 Å². The van der Waals surface area contributed by atoms with Gasteiger partial charge in [0.25, 0.3) is 5.56 Å². The highest BCUT2D eigenvalue weighted by molar-refractivity contribution is 6.43. The maximum absolute atomic E-state index is 12.0. The Balaban J connectivity index is 3.64. The van der Waals surface area contributed by atoms with E-state index in [9.17, 15) is 19.5 Å². The van der Waals surface area contributed by atoms with Crippen LogP contribution in [0.5, 0.6) is 5.88 Å². The molecule has 0 aliphatic rings. The van der Waals surface area contributed by atoms with Crippen molar-refractivity contribution in [2.45, 2.75) is 6.92 Å². The normalized spacial score (nSPS) is 11.5. The van der Waals surface area contributed by atoms with E-state index >= 15 is 0 Å². The molecule has 0 saturated heterocycles. The van der Waals surface area contributed by atoms with E-state index in [0.717, 1.165) is 9.13 Å². The molecule has 8 heteroatoms. The molecule has 0 saturated carbocycles. The first-order valence-electron chi connectivity index (χ1n) is 5.50. The number of aromatic nitrogens is 2. The number of esters is 1. The zero-order chi connectivity index (χ0) is 14.7. The molecule has 0 aliphatic heterocycles. The van der Waals surface area contributed by atoms with Crippen LogP contribution >= 0.6 is 0 Å². The van der Waals surface area contributed by atoms with E-state index in [0.29, 0.717) is 0 Å². The van der Waals surface area contributed by atoms with Gasteiger partial charge < -0.3 is 9.84 Å². The molecule has 1 N–H and O–H groups in total. The monoisotopic (exact) mass is 269 g/mol. The van der Waals surface area contributed by atoms with Crippen LogP contribution < -0.4 is 11.2 Å². The van der Waals surface area contributed by atoms with Gasteiger partial charge >= 0.3 is 11.7 Å². The third kappa shape index (κ3) is 2.42. The second kappa shape index (κ2) is 5.51. The average molecular weight is 269 g/mol. The third-order valence-corrected chi connectivity index (χ3v) is 2.56. The quantitative estimate of drug-likeness (QED) is 0.547. The predicted octanol–water partition coefficient (Wildman–Crippen LogP) is -1.23. The summed E-state index contributed by atoms with van der Waals surface area (Å²) in [6, 6.07) is 0. The van der Waals surface area contributed by atoms with Gasteiger partial charge in [0, 0.05) is 21.1 Å². The van der Waals surface area contributed by atoms with Crippen molar-refractivity contribution in [3.63, 3.8) is 0 Å². The lowest BCUT2D eigenvalue weighted by Gasteiger charge is -2.11. The van der Waals surface area contributed by atoms with Crippen LogP contribution in [0.25, 0.3) is 0 Å². The van der Waals surface area contributed by atoms with E-state index in [-0.39, 0.29) is 17.9 Å². The Kier molecular flexibility index (Phi) is 4.26. The van der Waals surface area contributed by atoms with E-state index in [1.165, 1.54) is 21.1 Å².